The standard InChI is InChI=1S/C22H27N3O3/c1-16(26)24-19(17-8-4-3-5-9-17)14-22(27)25-13-12-23-15-20(25)18-10-6-7-11-21(18)28-2/h3-11,19-20,23H,12-15H2,1-2H3,(H,24,26). The summed E-state index contributed by atoms with van der Waals surface area (Å²) in [6, 6.07) is 17.0. The van der Waals surface area contributed by atoms with E-state index in [9.17, 15) is 9.59 Å². The van der Waals surface area contributed by atoms with E-state index in [2.05, 4.69) is 10.6 Å². The second-order valence-corrected chi connectivity index (χ2v) is 6.92. The number of nitrogens with one attached hydrogen (secondary N) is 2. The van der Waals surface area contributed by atoms with Gasteiger partial charge in [0.25, 0.3) is 0 Å². The Kier molecular flexibility index (Phi) is 6.66. The lowest BCUT2D eigenvalue weighted by atomic mass is 9.99. The maximum absolute atomic E-state index is 13.3. The van der Waals surface area contributed by atoms with E-state index in [1.807, 2.05) is 59.5 Å². The average Bonchev–Trinajstić information content (AvgIpc) is 2.73. The van der Waals surface area contributed by atoms with E-state index in [0.717, 1.165) is 23.4 Å². The fourth-order valence-corrected chi connectivity index (χ4v) is 3.70. The van der Waals surface area contributed by atoms with Crippen molar-refractivity contribution in [3.63, 3.8) is 0 Å². The zero-order chi connectivity index (χ0) is 19.9. The van der Waals surface area contributed by atoms with Crippen molar-refractivity contribution >= 4 is 11.8 Å². The lowest BCUT2D eigenvalue weighted by Gasteiger charge is -2.38. The SMILES string of the molecule is COc1ccccc1C1CNCCN1C(=O)CC(NC(C)=O)c1ccccc1. The Balaban J connectivity index is 1.82. The molecule has 3 rings (SSSR count). The highest BCUT2D eigenvalue weighted by molar-refractivity contribution is 5.80. The number of methoxy groups -OCH3 is 1. The Labute approximate surface area is 165 Å². The monoisotopic (exact) mass is 381 g/mol. The molecule has 2 atom stereocenters. The second kappa shape index (κ2) is 9.37. The van der Waals surface area contributed by atoms with Gasteiger partial charge in [-0.3, -0.25) is 9.59 Å². The summed E-state index contributed by atoms with van der Waals surface area (Å²) >= 11 is 0. The molecule has 2 aromatic carbocycles. The third-order valence-electron chi connectivity index (χ3n) is 5.02. The number of hydrogen-bond acceptors (Lipinski definition) is 4. The molecule has 0 radical (unpaired) electrons. The predicted octanol–water partition coefficient (Wildman–Crippen LogP) is 2.44. The molecule has 6 nitrogen and oxygen atoms in total. The molecule has 0 bridgehead atoms. The van der Waals surface area contributed by atoms with Crippen LogP contribution in [0.25, 0.3) is 0 Å². The van der Waals surface area contributed by atoms with Gasteiger partial charge < -0.3 is 20.3 Å². The summed E-state index contributed by atoms with van der Waals surface area (Å²) in [7, 11) is 1.64. The molecule has 0 spiro atoms. The molecule has 1 aliphatic rings. The van der Waals surface area contributed by atoms with Gasteiger partial charge in [-0.05, 0) is 11.6 Å². The summed E-state index contributed by atoms with van der Waals surface area (Å²) in [5.41, 5.74) is 1.91. The van der Waals surface area contributed by atoms with Gasteiger partial charge in [-0.2, -0.15) is 0 Å². The summed E-state index contributed by atoms with van der Waals surface area (Å²) in [6.07, 6.45) is 0.218. The maximum atomic E-state index is 13.3. The lowest BCUT2D eigenvalue weighted by molar-refractivity contribution is -0.135. The van der Waals surface area contributed by atoms with Crippen LogP contribution < -0.4 is 15.4 Å². The molecule has 2 aromatic rings. The molecule has 0 aromatic heterocycles. The summed E-state index contributed by atoms with van der Waals surface area (Å²) in [5, 5.41) is 6.28. The van der Waals surface area contributed by atoms with Crippen LogP contribution in [0.4, 0.5) is 0 Å². The third kappa shape index (κ3) is 4.70. The van der Waals surface area contributed by atoms with E-state index >= 15 is 0 Å². The molecule has 6 heteroatoms. The number of rotatable bonds is 6. The molecule has 2 amide bonds. The number of carbonyl (C=O) groups is 2. The number of piperazine rings is 1. The second-order valence-electron chi connectivity index (χ2n) is 6.92. The number of para-hydroxylation sites is 1. The zero-order valence-electron chi connectivity index (χ0n) is 16.4. The molecule has 28 heavy (non-hydrogen) atoms. The van der Waals surface area contributed by atoms with Crippen molar-refractivity contribution in [2.24, 2.45) is 0 Å². The molecule has 0 aliphatic carbocycles. The predicted molar refractivity (Wildman–Crippen MR) is 108 cm³/mol. The van der Waals surface area contributed by atoms with Crippen LogP contribution in [0.3, 0.4) is 0 Å². The van der Waals surface area contributed by atoms with Crippen LogP contribution in [0.2, 0.25) is 0 Å². The van der Waals surface area contributed by atoms with Crippen molar-refractivity contribution in [3.8, 4) is 5.75 Å². The smallest absolute Gasteiger partial charge is 0.225 e. The van der Waals surface area contributed by atoms with Crippen molar-refractivity contribution < 1.29 is 14.3 Å². The van der Waals surface area contributed by atoms with Crippen LogP contribution in [0.1, 0.15) is 36.6 Å². The highest BCUT2D eigenvalue weighted by Crippen LogP contribution is 2.31. The number of carbonyl (C=O) groups excluding carboxylic acids is 2. The number of hydrogen-bond donors (Lipinski definition) is 2. The van der Waals surface area contributed by atoms with E-state index in [1.54, 1.807) is 7.11 Å². The molecule has 2 N–H and O–H groups in total. The first-order chi connectivity index (χ1) is 13.6. The van der Waals surface area contributed by atoms with Gasteiger partial charge in [-0.25, -0.2) is 0 Å². The van der Waals surface area contributed by atoms with Crippen molar-refractivity contribution in [3.05, 3.63) is 65.7 Å². The molecular formula is C22H27N3O3. The highest BCUT2D eigenvalue weighted by atomic mass is 16.5. The minimum absolute atomic E-state index is 0.0139. The normalized spacial score (nSPS) is 17.6. The van der Waals surface area contributed by atoms with Crippen molar-refractivity contribution in [2.75, 3.05) is 26.7 Å². The first-order valence-electron chi connectivity index (χ1n) is 9.55. The number of nitrogens with zero attached hydrogens (tertiary/aromatic N) is 1. The van der Waals surface area contributed by atoms with Crippen LogP contribution in [-0.2, 0) is 9.59 Å². The van der Waals surface area contributed by atoms with E-state index < -0.39 is 0 Å². The fourth-order valence-electron chi connectivity index (χ4n) is 3.70. The minimum Gasteiger partial charge on any atom is -0.496 e. The van der Waals surface area contributed by atoms with Crippen molar-refractivity contribution in [1.29, 1.82) is 0 Å². The van der Waals surface area contributed by atoms with Crippen LogP contribution in [0, 0.1) is 0 Å². The molecule has 2 unspecified atom stereocenters. The van der Waals surface area contributed by atoms with Gasteiger partial charge in [0, 0.05) is 32.1 Å². The zero-order valence-corrected chi connectivity index (χ0v) is 16.4. The van der Waals surface area contributed by atoms with Crippen LogP contribution in [-0.4, -0.2) is 43.5 Å². The first kappa shape index (κ1) is 19.9. The topological polar surface area (TPSA) is 70.7 Å². The molecule has 148 valence electrons. The van der Waals surface area contributed by atoms with E-state index in [4.69, 9.17) is 4.74 Å². The Bertz CT molecular complexity index is 810. The number of benzene rings is 2. The Hall–Kier alpha value is -2.86. The minimum atomic E-state index is -0.348. The van der Waals surface area contributed by atoms with Crippen LogP contribution >= 0.6 is 0 Å². The highest BCUT2D eigenvalue weighted by Gasteiger charge is 2.31. The summed E-state index contributed by atoms with van der Waals surface area (Å²) < 4.78 is 5.51. The van der Waals surface area contributed by atoms with Gasteiger partial charge in [-0.15, -0.1) is 0 Å². The molecule has 1 heterocycles. The van der Waals surface area contributed by atoms with Gasteiger partial charge in [-0.1, -0.05) is 48.5 Å². The number of ether oxygens (including phenoxy) is 1. The largest absolute Gasteiger partial charge is 0.496 e. The van der Waals surface area contributed by atoms with Gasteiger partial charge in [0.2, 0.25) is 11.8 Å². The Morgan fingerprint density at radius 1 is 1.18 bits per heavy atom. The van der Waals surface area contributed by atoms with E-state index in [0.29, 0.717) is 13.1 Å². The van der Waals surface area contributed by atoms with E-state index in [1.165, 1.54) is 6.92 Å². The van der Waals surface area contributed by atoms with Gasteiger partial charge in [0.1, 0.15) is 5.75 Å². The Morgan fingerprint density at radius 3 is 2.61 bits per heavy atom. The lowest BCUT2D eigenvalue weighted by Crippen LogP contribution is -2.49. The van der Waals surface area contributed by atoms with Crippen molar-refractivity contribution in [2.45, 2.75) is 25.4 Å². The van der Waals surface area contributed by atoms with E-state index in [-0.39, 0.29) is 30.3 Å². The maximum Gasteiger partial charge on any atom is 0.225 e. The quantitative estimate of drug-likeness (QED) is 0.806. The summed E-state index contributed by atoms with van der Waals surface area (Å²) in [4.78, 5) is 26.8. The van der Waals surface area contributed by atoms with Crippen molar-refractivity contribution in [1.82, 2.24) is 15.5 Å². The van der Waals surface area contributed by atoms with Gasteiger partial charge in [0.15, 0.2) is 0 Å². The average molecular weight is 381 g/mol. The molecule has 1 aliphatic heterocycles. The van der Waals surface area contributed by atoms with Gasteiger partial charge >= 0.3 is 0 Å². The molecule has 0 saturated carbocycles. The molecule has 1 saturated heterocycles. The molecule has 1 fully saturated rings. The fraction of sp³-hybridized carbons (Fsp3) is 0.364. The Morgan fingerprint density at radius 2 is 1.89 bits per heavy atom. The summed E-state index contributed by atoms with van der Waals surface area (Å²) in [6.45, 7) is 3.50. The third-order valence-corrected chi connectivity index (χ3v) is 5.02. The molecular weight excluding hydrogens is 354 g/mol. The number of amides is 2. The van der Waals surface area contributed by atoms with Gasteiger partial charge in [0.05, 0.1) is 25.6 Å². The summed E-state index contributed by atoms with van der Waals surface area (Å²) in [5.74, 6) is 0.638. The van der Waals surface area contributed by atoms with Crippen LogP contribution in [0.5, 0.6) is 5.75 Å². The van der Waals surface area contributed by atoms with Crippen LogP contribution in [0.15, 0.2) is 54.6 Å². The first-order valence-corrected chi connectivity index (χ1v) is 9.55.